The van der Waals surface area contributed by atoms with Gasteiger partial charge in [-0.2, -0.15) is 0 Å². The van der Waals surface area contributed by atoms with Crippen LogP contribution in [-0.4, -0.2) is 24.7 Å². The van der Waals surface area contributed by atoms with Crippen molar-refractivity contribution >= 4 is 5.97 Å². The Morgan fingerprint density at radius 1 is 1.53 bits per heavy atom. The van der Waals surface area contributed by atoms with Crippen molar-refractivity contribution in [3.63, 3.8) is 0 Å². The van der Waals surface area contributed by atoms with Crippen LogP contribution in [-0.2, 0) is 0 Å². The van der Waals surface area contributed by atoms with E-state index in [9.17, 15) is 4.79 Å². The van der Waals surface area contributed by atoms with Gasteiger partial charge in [0.1, 0.15) is 5.75 Å². The van der Waals surface area contributed by atoms with E-state index in [1.54, 1.807) is 6.07 Å². The van der Waals surface area contributed by atoms with E-state index in [1.165, 1.54) is 19.2 Å². The van der Waals surface area contributed by atoms with Gasteiger partial charge in [0.2, 0.25) is 0 Å². The standard InChI is InChI=1S/C11H11NO3/c1-15-10-6-8(3-2-4-12)5-9(7-10)11(13)14/h5-7H,4,12H2,1H3,(H,13,14). The Hall–Kier alpha value is -1.99. The number of aromatic carboxylic acids is 1. The Kier molecular flexibility index (Phi) is 3.72. The molecule has 3 N–H and O–H groups in total. The number of rotatable bonds is 2. The lowest BCUT2D eigenvalue weighted by molar-refractivity contribution is 0.0696. The highest BCUT2D eigenvalue weighted by molar-refractivity contribution is 5.88. The van der Waals surface area contributed by atoms with E-state index < -0.39 is 5.97 Å². The highest BCUT2D eigenvalue weighted by atomic mass is 16.5. The minimum atomic E-state index is -1.01. The number of ether oxygens (including phenoxy) is 1. The third kappa shape index (κ3) is 3.01. The summed E-state index contributed by atoms with van der Waals surface area (Å²) >= 11 is 0. The number of benzene rings is 1. The molecule has 4 heteroatoms. The van der Waals surface area contributed by atoms with Crippen LogP contribution < -0.4 is 10.5 Å². The molecule has 0 radical (unpaired) electrons. The van der Waals surface area contributed by atoms with Crippen molar-refractivity contribution in [2.45, 2.75) is 0 Å². The van der Waals surface area contributed by atoms with E-state index >= 15 is 0 Å². The van der Waals surface area contributed by atoms with E-state index in [2.05, 4.69) is 11.8 Å². The lowest BCUT2D eigenvalue weighted by atomic mass is 10.1. The quantitative estimate of drug-likeness (QED) is 0.697. The Balaban J connectivity index is 3.17. The van der Waals surface area contributed by atoms with Crippen molar-refractivity contribution in [3.05, 3.63) is 29.3 Å². The highest BCUT2D eigenvalue weighted by Crippen LogP contribution is 2.16. The van der Waals surface area contributed by atoms with Gasteiger partial charge in [0, 0.05) is 5.56 Å². The maximum Gasteiger partial charge on any atom is 0.335 e. The second-order valence-corrected chi connectivity index (χ2v) is 2.76. The lowest BCUT2D eigenvalue weighted by Crippen LogP contribution is -1.98. The van der Waals surface area contributed by atoms with Crippen molar-refractivity contribution in [2.75, 3.05) is 13.7 Å². The van der Waals surface area contributed by atoms with Crippen molar-refractivity contribution < 1.29 is 14.6 Å². The number of methoxy groups -OCH3 is 1. The number of carboxylic acids is 1. The summed E-state index contributed by atoms with van der Waals surface area (Å²) in [6.07, 6.45) is 0. The molecule has 0 amide bonds. The van der Waals surface area contributed by atoms with Crippen LogP contribution in [0.3, 0.4) is 0 Å². The van der Waals surface area contributed by atoms with Gasteiger partial charge in [-0.3, -0.25) is 0 Å². The molecule has 0 heterocycles. The lowest BCUT2D eigenvalue weighted by Gasteiger charge is -2.02. The summed E-state index contributed by atoms with van der Waals surface area (Å²) in [5, 5.41) is 8.83. The third-order valence-electron chi connectivity index (χ3n) is 1.72. The average Bonchev–Trinajstić information content (AvgIpc) is 2.25. The minimum Gasteiger partial charge on any atom is -0.497 e. The zero-order valence-corrected chi connectivity index (χ0v) is 8.28. The molecule has 4 nitrogen and oxygen atoms in total. The fourth-order valence-corrected chi connectivity index (χ4v) is 1.07. The first-order valence-electron chi connectivity index (χ1n) is 4.28. The number of hydrogen-bond donors (Lipinski definition) is 2. The summed E-state index contributed by atoms with van der Waals surface area (Å²) in [5.41, 5.74) is 5.95. The Morgan fingerprint density at radius 2 is 2.27 bits per heavy atom. The SMILES string of the molecule is COc1cc(C#CCN)cc(C(=O)O)c1. The van der Waals surface area contributed by atoms with Crippen LogP contribution in [0.15, 0.2) is 18.2 Å². The van der Waals surface area contributed by atoms with Crippen LogP contribution in [0.4, 0.5) is 0 Å². The predicted octanol–water partition coefficient (Wildman–Crippen LogP) is 0.704. The van der Waals surface area contributed by atoms with E-state index in [0.717, 1.165) is 0 Å². The summed E-state index contributed by atoms with van der Waals surface area (Å²) in [5.74, 6) is 4.87. The number of hydrogen-bond acceptors (Lipinski definition) is 3. The molecule has 0 saturated heterocycles. The molecule has 0 saturated carbocycles. The largest absolute Gasteiger partial charge is 0.497 e. The molecule has 78 valence electrons. The van der Waals surface area contributed by atoms with Crippen LogP contribution in [0.1, 0.15) is 15.9 Å². The van der Waals surface area contributed by atoms with Crippen LogP contribution >= 0.6 is 0 Å². The number of nitrogens with two attached hydrogens (primary N) is 1. The molecule has 1 aromatic carbocycles. The van der Waals surface area contributed by atoms with Crippen molar-refractivity contribution in [1.82, 2.24) is 0 Å². The molecule has 0 bridgehead atoms. The molecule has 0 aliphatic heterocycles. The van der Waals surface area contributed by atoms with Crippen LogP contribution in [0.5, 0.6) is 5.75 Å². The first-order valence-corrected chi connectivity index (χ1v) is 4.28. The topological polar surface area (TPSA) is 72.5 Å². The van der Waals surface area contributed by atoms with Crippen molar-refractivity contribution in [3.8, 4) is 17.6 Å². The molecule has 15 heavy (non-hydrogen) atoms. The number of carbonyl (C=O) groups is 1. The van der Waals surface area contributed by atoms with Crippen LogP contribution in [0, 0.1) is 11.8 Å². The van der Waals surface area contributed by atoms with Gasteiger partial charge in [-0.25, -0.2) is 4.79 Å². The molecule has 1 rings (SSSR count). The molecular weight excluding hydrogens is 194 g/mol. The summed E-state index contributed by atoms with van der Waals surface area (Å²) < 4.78 is 4.96. The molecule has 0 unspecified atom stereocenters. The van der Waals surface area contributed by atoms with Gasteiger partial charge in [-0.05, 0) is 18.2 Å². The van der Waals surface area contributed by atoms with Crippen LogP contribution in [0.2, 0.25) is 0 Å². The molecule has 0 fully saturated rings. The normalized spacial score (nSPS) is 8.93. The van der Waals surface area contributed by atoms with Gasteiger partial charge in [0.25, 0.3) is 0 Å². The zero-order valence-electron chi connectivity index (χ0n) is 8.28. The molecule has 0 aliphatic rings. The highest BCUT2D eigenvalue weighted by Gasteiger charge is 2.05. The van der Waals surface area contributed by atoms with Crippen molar-refractivity contribution in [2.24, 2.45) is 5.73 Å². The second kappa shape index (κ2) is 5.03. The van der Waals surface area contributed by atoms with Gasteiger partial charge < -0.3 is 15.6 Å². The van der Waals surface area contributed by atoms with Crippen molar-refractivity contribution in [1.29, 1.82) is 0 Å². The first-order chi connectivity index (χ1) is 7.17. The molecule has 0 aliphatic carbocycles. The van der Waals surface area contributed by atoms with E-state index in [1.807, 2.05) is 0 Å². The smallest absolute Gasteiger partial charge is 0.335 e. The first kappa shape index (κ1) is 11.1. The van der Waals surface area contributed by atoms with Gasteiger partial charge in [-0.1, -0.05) is 11.8 Å². The van der Waals surface area contributed by atoms with E-state index in [0.29, 0.717) is 11.3 Å². The fraction of sp³-hybridized carbons (Fsp3) is 0.182. The molecule has 0 atom stereocenters. The Labute approximate surface area is 87.7 Å². The third-order valence-corrected chi connectivity index (χ3v) is 1.72. The summed E-state index contributed by atoms with van der Waals surface area (Å²) in [4.78, 5) is 10.8. The Bertz CT molecular complexity index is 429. The second-order valence-electron chi connectivity index (χ2n) is 2.76. The number of carboxylic acid groups (broad SMARTS) is 1. The van der Waals surface area contributed by atoms with E-state index in [4.69, 9.17) is 15.6 Å². The molecule has 0 aromatic heterocycles. The monoisotopic (exact) mass is 205 g/mol. The summed E-state index contributed by atoms with van der Waals surface area (Å²) in [6, 6.07) is 4.58. The maximum absolute atomic E-state index is 10.8. The van der Waals surface area contributed by atoms with Gasteiger partial charge in [0.15, 0.2) is 0 Å². The molecular formula is C11H11NO3. The molecule has 0 spiro atoms. The van der Waals surface area contributed by atoms with Gasteiger partial charge in [-0.15, -0.1) is 0 Å². The maximum atomic E-state index is 10.8. The van der Waals surface area contributed by atoms with Crippen LogP contribution in [0.25, 0.3) is 0 Å². The minimum absolute atomic E-state index is 0.149. The average molecular weight is 205 g/mol. The van der Waals surface area contributed by atoms with Gasteiger partial charge in [0.05, 0.1) is 19.2 Å². The Morgan fingerprint density at radius 3 is 2.80 bits per heavy atom. The molecule has 1 aromatic rings. The summed E-state index contributed by atoms with van der Waals surface area (Å²) in [7, 11) is 1.47. The zero-order chi connectivity index (χ0) is 11.3. The van der Waals surface area contributed by atoms with E-state index in [-0.39, 0.29) is 12.1 Å². The summed E-state index contributed by atoms with van der Waals surface area (Å²) in [6.45, 7) is 0.236. The predicted molar refractivity (Wildman–Crippen MR) is 55.9 cm³/mol. The van der Waals surface area contributed by atoms with Gasteiger partial charge >= 0.3 is 5.97 Å². The fourth-order valence-electron chi connectivity index (χ4n) is 1.07.